The van der Waals surface area contributed by atoms with Crippen LogP contribution in [0.5, 0.6) is 0 Å². The van der Waals surface area contributed by atoms with Gasteiger partial charge < -0.3 is 10.4 Å². The molecule has 0 amide bonds. The second kappa shape index (κ2) is 2.99. The molecule has 0 aromatic carbocycles. The van der Waals surface area contributed by atoms with E-state index in [0.717, 1.165) is 18.0 Å². The Morgan fingerprint density at radius 3 is 2.92 bits per heavy atom. The lowest BCUT2D eigenvalue weighted by Gasteiger charge is -2.40. The first-order valence-electron chi connectivity index (χ1n) is 4.00. The molecule has 0 aliphatic heterocycles. The minimum atomic E-state index is -0.0977. The van der Waals surface area contributed by atoms with Crippen LogP contribution in [-0.4, -0.2) is 27.4 Å². The monoisotopic (exact) mass is 185 g/mol. The van der Waals surface area contributed by atoms with E-state index in [9.17, 15) is 0 Å². The third kappa shape index (κ3) is 1.30. The molecule has 1 heterocycles. The van der Waals surface area contributed by atoms with Crippen LogP contribution in [0, 0.1) is 0 Å². The molecule has 0 atom stereocenters. The van der Waals surface area contributed by atoms with Crippen molar-refractivity contribution in [3.05, 3.63) is 5.51 Å². The molecule has 5 heteroatoms. The number of nitrogens with one attached hydrogen (secondary N) is 1. The zero-order valence-electron chi connectivity index (χ0n) is 6.66. The molecular formula is C7H11N3OS. The molecule has 1 aliphatic rings. The van der Waals surface area contributed by atoms with Crippen molar-refractivity contribution in [2.24, 2.45) is 0 Å². The summed E-state index contributed by atoms with van der Waals surface area (Å²) < 4.78 is 0. The molecule has 0 bridgehead atoms. The van der Waals surface area contributed by atoms with Crippen LogP contribution in [0.15, 0.2) is 5.51 Å². The quantitative estimate of drug-likeness (QED) is 0.733. The lowest BCUT2D eigenvalue weighted by atomic mass is 9.78. The van der Waals surface area contributed by atoms with E-state index in [-0.39, 0.29) is 12.1 Å². The molecule has 1 saturated carbocycles. The van der Waals surface area contributed by atoms with E-state index in [0.29, 0.717) is 0 Å². The first-order chi connectivity index (χ1) is 5.85. The number of anilines is 1. The minimum Gasteiger partial charge on any atom is -0.394 e. The Labute approximate surface area is 74.6 Å². The van der Waals surface area contributed by atoms with E-state index in [2.05, 4.69) is 15.5 Å². The number of nitrogens with zero attached hydrogens (tertiary/aromatic N) is 2. The van der Waals surface area contributed by atoms with E-state index in [1.165, 1.54) is 17.8 Å². The second-order valence-corrected chi connectivity index (χ2v) is 3.99. The molecule has 0 spiro atoms. The van der Waals surface area contributed by atoms with Crippen molar-refractivity contribution in [3.8, 4) is 0 Å². The lowest BCUT2D eigenvalue weighted by molar-refractivity contribution is 0.144. The number of aliphatic hydroxyl groups is 1. The van der Waals surface area contributed by atoms with Crippen molar-refractivity contribution in [2.45, 2.75) is 24.8 Å². The maximum Gasteiger partial charge on any atom is 0.205 e. The Bertz CT molecular complexity index is 240. The second-order valence-electron chi connectivity index (χ2n) is 3.16. The fourth-order valence-electron chi connectivity index (χ4n) is 1.38. The van der Waals surface area contributed by atoms with Crippen molar-refractivity contribution in [3.63, 3.8) is 0 Å². The molecule has 1 fully saturated rings. The maximum atomic E-state index is 9.13. The number of hydrogen-bond acceptors (Lipinski definition) is 5. The Hall–Kier alpha value is -0.680. The largest absolute Gasteiger partial charge is 0.394 e. The molecule has 0 unspecified atom stereocenters. The summed E-state index contributed by atoms with van der Waals surface area (Å²) in [6, 6.07) is 0. The fraction of sp³-hybridized carbons (Fsp3) is 0.714. The molecule has 0 radical (unpaired) electrons. The third-order valence-corrected chi connectivity index (χ3v) is 2.95. The molecule has 66 valence electrons. The standard InChI is InChI=1S/C7H11N3OS/c11-4-7(2-1-3-7)9-6-10-8-5-12-6/h5,11H,1-4H2,(H,9,10). The van der Waals surface area contributed by atoms with Crippen LogP contribution in [0.2, 0.25) is 0 Å². The number of aliphatic hydroxyl groups excluding tert-OH is 1. The Balaban J connectivity index is 2.01. The summed E-state index contributed by atoms with van der Waals surface area (Å²) in [6.07, 6.45) is 3.25. The minimum absolute atomic E-state index is 0.0977. The molecule has 2 N–H and O–H groups in total. The highest BCUT2D eigenvalue weighted by Crippen LogP contribution is 2.34. The Kier molecular flexibility index (Phi) is 1.98. The van der Waals surface area contributed by atoms with Gasteiger partial charge in [0.25, 0.3) is 0 Å². The van der Waals surface area contributed by atoms with Crippen molar-refractivity contribution < 1.29 is 5.11 Å². The molecule has 1 aliphatic carbocycles. The van der Waals surface area contributed by atoms with E-state index >= 15 is 0 Å². The van der Waals surface area contributed by atoms with Gasteiger partial charge in [-0.1, -0.05) is 11.3 Å². The summed E-state index contributed by atoms with van der Waals surface area (Å²) in [5.41, 5.74) is 1.59. The van der Waals surface area contributed by atoms with Crippen LogP contribution in [0.1, 0.15) is 19.3 Å². The predicted molar refractivity (Wildman–Crippen MR) is 47.2 cm³/mol. The van der Waals surface area contributed by atoms with Crippen LogP contribution in [0.25, 0.3) is 0 Å². The van der Waals surface area contributed by atoms with Gasteiger partial charge in [0, 0.05) is 0 Å². The van der Waals surface area contributed by atoms with E-state index < -0.39 is 0 Å². The van der Waals surface area contributed by atoms with Crippen LogP contribution in [0.4, 0.5) is 5.13 Å². The Morgan fingerprint density at radius 1 is 1.67 bits per heavy atom. The molecule has 4 nitrogen and oxygen atoms in total. The first-order valence-corrected chi connectivity index (χ1v) is 4.88. The highest BCUT2D eigenvalue weighted by atomic mass is 32.1. The summed E-state index contributed by atoms with van der Waals surface area (Å²) in [5.74, 6) is 0. The Morgan fingerprint density at radius 2 is 2.50 bits per heavy atom. The molecule has 1 aromatic rings. The average molecular weight is 185 g/mol. The van der Waals surface area contributed by atoms with Crippen LogP contribution < -0.4 is 5.32 Å². The highest BCUT2D eigenvalue weighted by Gasteiger charge is 2.36. The summed E-state index contributed by atoms with van der Waals surface area (Å²) in [6.45, 7) is 0.187. The maximum absolute atomic E-state index is 9.13. The topological polar surface area (TPSA) is 58.0 Å². The molecule has 2 rings (SSSR count). The van der Waals surface area contributed by atoms with Gasteiger partial charge in [0.2, 0.25) is 5.13 Å². The van der Waals surface area contributed by atoms with Gasteiger partial charge in [-0.2, -0.15) is 0 Å². The van der Waals surface area contributed by atoms with Crippen molar-refractivity contribution in [1.29, 1.82) is 0 Å². The van der Waals surface area contributed by atoms with Gasteiger partial charge in [0.15, 0.2) is 0 Å². The van der Waals surface area contributed by atoms with Crippen LogP contribution in [-0.2, 0) is 0 Å². The smallest absolute Gasteiger partial charge is 0.205 e. The van der Waals surface area contributed by atoms with Gasteiger partial charge in [0.05, 0.1) is 12.1 Å². The summed E-state index contributed by atoms with van der Waals surface area (Å²) in [7, 11) is 0. The van der Waals surface area contributed by atoms with Gasteiger partial charge in [-0.05, 0) is 19.3 Å². The molecule has 0 saturated heterocycles. The van der Waals surface area contributed by atoms with Gasteiger partial charge in [-0.25, -0.2) is 0 Å². The van der Waals surface area contributed by atoms with Crippen molar-refractivity contribution >= 4 is 16.5 Å². The fourth-order valence-corrected chi connectivity index (χ4v) is 1.94. The van der Waals surface area contributed by atoms with E-state index in [1.54, 1.807) is 5.51 Å². The third-order valence-electron chi connectivity index (χ3n) is 2.35. The normalized spacial score (nSPS) is 20.1. The first kappa shape index (κ1) is 7.94. The summed E-state index contributed by atoms with van der Waals surface area (Å²) >= 11 is 1.47. The van der Waals surface area contributed by atoms with Gasteiger partial charge >= 0.3 is 0 Å². The van der Waals surface area contributed by atoms with E-state index in [1.807, 2.05) is 0 Å². The molecular weight excluding hydrogens is 174 g/mol. The van der Waals surface area contributed by atoms with Crippen molar-refractivity contribution in [1.82, 2.24) is 10.2 Å². The number of aromatic nitrogens is 2. The van der Waals surface area contributed by atoms with Crippen molar-refractivity contribution in [2.75, 3.05) is 11.9 Å². The highest BCUT2D eigenvalue weighted by molar-refractivity contribution is 7.13. The molecule has 12 heavy (non-hydrogen) atoms. The zero-order valence-corrected chi connectivity index (χ0v) is 7.47. The number of rotatable bonds is 3. The molecule has 1 aromatic heterocycles. The van der Waals surface area contributed by atoms with Gasteiger partial charge in [-0.15, -0.1) is 10.2 Å². The van der Waals surface area contributed by atoms with Gasteiger partial charge in [0.1, 0.15) is 5.51 Å². The average Bonchev–Trinajstić information content (AvgIpc) is 2.49. The van der Waals surface area contributed by atoms with Gasteiger partial charge in [-0.3, -0.25) is 0 Å². The predicted octanol–water partition coefficient (Wildman–Crippen LogP) is 0.865. The summed E-state index contributed by atoms with van der Waals surface area (Å²) in [4.78, 5) is 0. The zero-order chi connectivity index (χ0) is 8.44. The van der Waals surface area contributed by atoms with E-state index in [4.69, 9.17) is 5.11 Å². The van der Waals surface area contributed by atoms with Crippen LogP contribution in [0.3, 0.4) is 0 Å². The van der Waals surface area contributed by atoms with Crippen LogP contribution >= 0.6 is 11.3 Å². The summed E-state index contributed by atoms with van der Waals surface area (Å²) in [5, 5.41) is 20.8. The lowest BCUT2D eigenvalue weighted by Crippen LogP contribution is -2.48. The number of hydrogen-bond donors (Lipinski definition) is 2. The SMILES string of the molecule is OCC1(Nc2nncs2)CCC1.